The molecule has 0 aliphatic carbocycles. The zero-order chi connectivity index (χ0) is 15.1. The Bertz CT molecular complexity index is 508. The fraction of sp³-hybridized carbons (Fsp3) is 0.500. The van der Waals surface area contributed by atoms with Gasteiger partial charge in [-0.15, -0.1) is 5.10 Å². The molecule has 1 aromatic heterocycles. The van der Waals surface area contributed by atoms with Crippen molar-refractivity contribution in [1.29, 1.82) is 0 Å². The Balaban J connectivity index is 1.73. The molecule has 1 atom stereocenters. The maximum Gasteiger partial charge on any atom is 0.0914 e. The molecule has 1 aromatic carbocycles. The molecule has 1 unspecified atom stereocenters. The molecule has 0 spiro atoms. The minimum Gasteiger partial charge on any atom is -0.387 e. The molecular weight excluding hydrogens is 264 g/mol. The maximum absolute atomic E-state index is 10.2. The van der Waals surface area contributed by atoms with Crippen LogP contribution in [0.25, 0.3) is 0 Å². The average Bonchev–Trinajstić information content (AvgIpc) is 2.97. The minimum absolute atomic E-state index is 0.478. The summed E-state index contributed by atoms with van der Waals surface area (Å²) in [6.07, 6.45) is 4.08. The van der Waals surface area contributed by atoms with Crippen molar-refractivity contribution in [3.8, 4) is 0 Å². The first-order valence-corrected chi connectivity index (χ1v) is 7.47. The van der Waals surface area contributed by atoms with Gasteiger partial charge in [-0.2, -0.15) is 0 Å². The standard InChI is InChI=1S/C16H24N4O/c1-13(2)11-14-3-5-15(6-4-14)16(21)12-17-7-9-20-10-8-18-19-20/h3-6,8,10,13,16-17,21H,7,9,11-12H2,1-2H3. The first-order chi connectivity index (χ1) is 10.1. The number of hydrogen-bond donors (Lipinski definition) is 2. The fourth-order valence-corrected chi connectivity index (χ4v) is 2.25. The SMILES string of the molecule is CC(C)Cc1ccc(C(O)CNCCn2ccnn2)cc1. The molecule has 21 heavy (non-hydrogen) atoms. The molecule has 114 valence electrons. The summed E-state index contributed by atoms with van der Waals surface area (Å²) in [6, 6.07) is 8.24. The summed E-state index contributed by atoms with van der Waals surface area (Å²) in [5.41, 5.74) is 2.27. The van der Waals surface area contributed by atoms with E-state index in [2.05, 4.69) is 41.6 Å². The molecule has 0 amide bonds. The van der Waals surface area contributed by atoms with Gasteiger partial charge in [0.25, 0.3) is 0 Å². The Labute approximate surface area is 126 Å². The molecule has 5 nitrogen and oxygen atoms in total. The van der Waals surface area contributed by atoms with Gasteiger partial charge in [0.05, 0.1) is 18.8 Å². The van der Waals surface area contributed by atoms with E-state index >= 15 is 0 Å². The third kappa shape index (κ3) is 5.28. The van der Waals surface area contributed by atoms with E-state index in [4.69, 9.17) is 0 Å². The predicted molar refractivity (Wildman–Crippen MR) is 82.8 cm³/mol. The van der Waals surface area contributed by atoms with Gasteiger partial charge in [0.1, 0.15) is 0 Å². The van der Waals surface area contributed by atoms with Crippen LogP contribution in [0.3, 0.4) is 0 Å². The number of nitrogens with one attached hydrogen (secondary N) is 1. The van der Waals surface area contributed by atoms with Crippen molar-refractivity contribution in [2.24, 2.45) is 5.92 Å². The molecular formula is C16H24N4O. The van der Waals surface area contributed by atoms with Gasteiger partial charge in [0.15, 0.2) is 0 Å². The Morgan fingerprint density at radius 1 is 1.24 bits per heavy atom. The first kappa shape index (κ1) is 15.7. The molecule has 0 bridgehead atoms. The Hall–Kier alpha value is -1.72. The summed E-state index contributed by atoms with van der Waals surface area (Å²) in [5, 5.41) is 21.0. The van der Waals surface area contributed by atoms with Crippen LogP contribution in [-0.2, 0) is 13.0 Å². The highest BCUT2D eigenvalue weighted by Gasteiger charge is 2.07. The van der Waals surface area contributed by atoms with E-state index in [-0.39, 0.29) is 0 Å². The van der Waals surface area contributed by atoms with Gasteiger partial charge in [0.2, 0.25) is 0 Å². The van der Waals surface area contributed by atoms with E-state index in [9.17, 15) is 5.11 Å². The zero-order valence-corrected chi connectivity index (χ0v) is 12.7. The van der Waals surface area contributed by atoms with Gasteiger partial charge in [-0.05, 0) is 23.5 Å². The van der Waals surface area contributed by atoms with Gasteiger partial charge in [-0.1, -0.05) is 43.3 Å². The molecule has 0 aliphatic rings. The second-order valence-electron chi connectivity index (χ2n) is 5.73. The summed E-state index contributed by atoms with van der Waals surface area (Å²) >= 11 is 0. The lowest BCUT2D eigenvalue weighted by Gasteiger charge is -2.13. The molecule has 0 saturated heterocycles. The van der Waals surface area contributed by atoms with Crippen molar-refractivity contribution in [3.63, 3.8) is 0 Å². The molecule has 0 aliphatic heterocycles. The van der Waals surface area contributed by atoms with E-state index in [1.807, 2.05) is 18.3 Å². The summed E-state index contributed by atoms with van der Waals surface area (Å²) in [5.74, 6) is 0.652. The Kier molecular flexibility index (Phi) is 5.90. The van der Waals surface area contributed by atoms with E-state index in [1.54, 1.807) is 10.9 Å². The second-order valence-corrected chi connectivity index (χ2v) is 5.73. The van der Waals surface area contributed by atoms with Crippen molar-refractivity contribution in [3.05, 3.63) is 47.8 Å². The first-order valence-electron chi connectivity index (χ1n) is 7.47. The number of hydrogen-bond acceptors (Lipinski definition) is 4. The number of benzene rings is 1. The van der Waals surface area contributed by atoms with E-state index in [0.29, 0.717) is 12.5 Å². The molecule has 2 aromatic rings. The van der Waals surface area contributed by atoms with Gasteiger partial charge in [-0.3, -0.25) is 4.68 Å². The minimum atomic E-state index is -0.478. The van der Waals surface area contributed by atoms with Crippen LogP contribution in [0.4, 0.5) is 0 Å². The van der Waals surface area contributed by atoms with Gasteiger partial charge in [-0.25, -0.2) is 0 Å². The number of rotatable bonds is 8. The lowest BCUT2D eigenvalue weighted by molar-refractivity contribution is 0.174. The molecule has 0 fully saturated rings. The van der Waals surface area contributed by atoms with Crippen LogP contribution in [0.1, 0.15) is 31.1 Å². The monoisotopic (exact) mass is 288 g/mol. The molecule has 0 radical (unpaired) electrons. The predicted octanol–water partition coefficient (Wildman–Crippen LogP) is 1.80. The molecule has 5 heteroatoms. The third-order valence-electron chi connectivity index (χ3n) is 3.34. The van der Waals surface area contributed by atoms with Gasteiger partial charge in [0, 0.05) is 19.3 Å². The van der Waals surface area contributed by atoms with Gasteiger partial charge < -0.3 is 10.4 Å². The Morgan fingerprint density at radius 2 is 2.00 bits per heavy atom. The summed E-state index contributed by atoms with van der Waals surface area (Å²) < 4.78 is 1.76. The van der Waals surface area contributed by atoms with E-state index in [1.165, 1.54) is 5.56 Å². The Morgan fingerprint density at radius 3 is 2.62 bits per heavy atom. The topological polar surface area (TPSA) is 63.0 Å². The van der Waals surface area contributed by atoms with Crippen LogP contribution in [0.15, 0.2) is 36.7 Å². The van der Waals surface area contributed by atoms with Crippen LogP contribution >= 0.6 is 0 Å². The van der Waals surface area contributed by atoms with Crippen molar-refractivity contribution < 1.29 is 5.11 Å². The van der Waals surface area contributed by atoms with Crippen LogP contribution in [-0.4, -0.2) is 33.2 Å². The summed E-state index contributed by atoms with van der Waals surface area (Å²) in [4.78, 5) is 0. The molecule has 0 saturated carbocycles. The lowest BCUT2D eigenvalue weighted by Crippen LogP contribution is -2.25. The third-order valence-corrected chi connectivity index (χ3v) is 3.34. The quantitative estimate of drug-likeness (QED) is 0.727. The molecule has 1 heterocycles. The largest absolute Gasteiger partial charge is 0.387 e. The highest BCUT2D eigenvalue weighted by Crippen LogP contribution is 2.15. The normalized spacial score (nSPS) is 12.8. The van der Waals surface area contributed by atoms with Crippen LogP contribution < -0.4 is 5.32 Å². The molecule has 2 N–H and O–H groups in total. The van der Waals surface area contributed by atoms with Crippen LogP contribution in [0.2, 0.25) is 0 Å². The van der Waals surface area contributed by atoms with E-state index < -0.39 is 6.10 Å². The maximum atomic E-state index is 10.2. The molecule has 2 rings (SSSR count). The summed E-state index contributed by atoms with van der Waals surface area (Å²) in [7, 11) is 0. The number of aliphatic hydroxyl groups excluding tert-OH is 1. The summed E-state index contributed by atoms with van der Waals surface area (Å²) in [6.45, 7) is 6.47. The number of nitrogens with zero attached hydrogens (tertiary/aromatic N) is 3. The van der Waals surface area contributed by atoms with E-state index in [0.717, 1.165) is 25.1 Å². The van der Waals surface area contributed by atoms with Crippen molar-refractivity contribution in [1.82, 2.24) is 20.3 Å². The smallest absolute Gasteiger partial charge is 0.0914 e. The highest BCUT2D eigenvalue weighted by atomic mass is 16.3. The highest BCUT2D eigenvalue weighted by molar-refractivity contribution is 5.24. The zero-order valence-electron chi connectivity index (χ0n) is 12.7. The fourth-order valence-electron chi connectivity index (χ4n) is 2.25. The second kappa shape index (κ2) is 7.90. The van der Waals surface area contributed by atoms with Crippen molar-refractivity contribution in [2.45, 2.75) is 32.9 Å². The van der Waals surface area contributed by atoms with Crippen LogP contribution in [0.5, 0.6) is 0 Å². The lowest BCUT2D eigenvalue weighted by atomic mass is 10.0. The number of aliphatic hydroxyl groups is 1. The van der Waals surface area contributed by atoms with Crippen molar-refractivity contribution in [2.75, 3.05) is 13.1 Å². The average molecular weight is 288 g/mol. The van der Waals surface area contributed by atoms with Crippen LogP contribution in [0, 0.1) is 5.92 Å². The van der Waals surface area contributed by atoms with Crippen molar-refractivity contribution >= 4 is 0 Å². The van der Waals surface area contributed by atoms with Gasteiger partial charge >= 0.3 is 0 Å². The number of aromatic nitrogens is 3.